The summed E-state index contributed by atoms with van der Waals surface area (Å²) in [6.07, 6.45) is -3.85. The highest BCUT2D eigenvalue weighted by molar-refractivity contribution is 7.11. The van der Waals surface area contributed by atoms with E-state index in [1.807, 2.05) is 26.0 Å². The molecule has 0 aromatic carbocycles. The molecule has 0 aliphatic carbocycles. The van der Waals surface area contributed by atoms with E-state index in [0.29, 0.717) is 6.42 Å². The lowest BCUT2D eigenvalue weighted by molar-refractivity contribution is -0.141. The maximum Gasteiger partial charge on any atom is 0.433 e. The monoisotopic (exact) mass is 335 g/mol. The van der Waals surface area contributed by atoms with Crippen LogP contribution in [0.2, 0.25) is 5.28 Å². The summed E-state index contributed by atoms with van der Waals surface area (Å²) in [5.74, 6) is 0.0723. The first-order chi connectivity index (χ1) is 9.74. The summed E-state index contributed by atoms with van der Waals surface area (Å²) in [6, 6.07) is 4.81. The Balaban J connectivity index is 2.10. The number of nitrogens with zero attached hydrogens (tertiary/aromatic N) is 2. The molecule has 2 rings (SSSR count). The van der Waals surface area contributed by atoms with E-state index < -0.39 is 17.2 Å². The number of thiophene rings is 1. The zero-order valence-corrected chi connectivity index (χ0v) is 12.9. The van der Waals surface area contributed by atoms with Gasteiger partial charge in [-0.2, -0.15) is 13.2 Å². The molecule has 114 valence electrons. The van der Waals surface area contributed by atoms with Gasteiger partial charge < -0.3 is 5.32 Å². The lowest BCUT2D eigenvalue weighted by Gasteiger charge is -2.15. The number of aryl methyl sites for hydroxylation is 1. The Morgan fingerprint density at radius 3 is 2.62 bits per heavy atom. The van der Waals surface area contributed by atoms with Gasteiger partial charge in [-0.3, -0.25) is 0 Å². The van der Waals surface area contributed by atoms with Gasteiger partial charge in [-0.25, -0.2) is 9.97 Å². The minimum Gasteiger partial charge on any atom is -0.367 e. The van der Waals surface area contributed by atoms with E-state index in [-0.39, 0.29) is 11.9 Å². The third-order valence-electron chi connectivity index (χ3n) is 2.69. The van der Waals surface area contributed by atoms with Crippen molar-refractivity contribution in [3.63, 3.8) is 0 Å². The van der Waals surface area contributed by atoms with Crippen molar-refractivity contribution in [2.45, 2.75) is 32.5 Å². The average Bonchev–Trinajstić information content (AvgIpc) is 2.72. The Morgan fingerprint density at radius 2 is 2.05 bits per heavy atom. The van der Waals surface area contributed by atoms with Crippen LogP contribution < -0.4 is 5.32 Å². The molecule has 0 saturated heterocycles. The molecule has 0 amide bonds. The SMILES string of the molecule is Cc1ccc(CC(C)Nc2cc(C(F)(F)F)nc(Cl)n2)s1. The molecule has 0 aliphatic heterocycles. The van der Waals surface area contributed by atoms with Gasteiger partial charge in [0.25, 0.3) is 0 Å². The van der Waals surface area contributed by atoms with Gasteiger partial charge in [-0.15, -0.1) is 11.3 Å². The number of rotatable bonds is 4. The Morgan fingerprint density at radius 1 is 1.33 bits per heavy atom. The first-order valence-corrected chi connectivity index (χ1v) is 7.37. The van der Waals surface area contributed by atoms with Gasteiger partial charge in [0, 0.05) is 28.3 Å². The predicted molar refractivity (Wildman–Crippen MR) is 77.9 cm³/mol. The van der Waals surface area contributed by atoms with E-state index in [9.17, 15) is 13.2 Å². The van der Waals surface area contributed by atoms with Gasteiger partial charge in [-0.05, 0) is 37.6 Å². The van der Waals surface area contributed by atoms with Crippen molar-refractivity contribution in [1.82, 2.24) is 9.97 Å². The van der Waals surface area contributed by atoms with E-state index in [2.05, 4.69) is 15.3 Å². The van der Waals surface area contributed by atoms with Crippen LogP contribution in [0.1, 0.15) is 22.4 Å². The molecular weight excluding hydrogens is 323 g/mol. The van der Waals surface area contributed by atoms with Crippen LogP contribution in [0, 0.1) is 6.92 Å². The predicted octanol–water partition coefficient (Wildman–Crippen LogP) is 4.56. The molecule has 0 spiro atoms. The smallest absolute Gasteiger partial charge is 0.367 e. The number of alkyl halides is 3. The highest BCUT2D eigenvalue weighted by Crippen LogP contribution is 2.29. The van der Waals surface area contributed by atoms with Gasteiger partial charge >= 0.3 is 6.18 Å². The Bertz CT molecular complexity index is 627. The molecule has 21 heavy (non-hydrogen) atoms. The van der Waals surface area contributed by atoms with Gasteiger partial charge in [0.05, 0.1) is 0 Å². The van der Waals surface area contributed by atoms with Crippen molar-refractivity contribution >= 4 is 28.8 Å². The molecule has 0 bridgehead atoms. The van der Waals surface area contributed by atoms with Crippen LogP contribution in [0.15, 0.2) is 18.2 Å². The Hall–Kier alpha value is -1.34. The second-order valence-corrected chi connectivity index (χ2v) is 6.38. The van der Waals surface area contributed by atoms with Crippen LogP contribution in [0.25, 0.3) is 0 Å². The van der Waals surface area contributed by atoms with Crippen LogP contribution >= 0.6 is 22.9 Å². The molecule has 1 N–H and O–H groups in total. The number of hydrogen-bond donors (Lipinski definition) is 1. The minimum atomic E-state index is -4.54. The van der Waals surface area contributed by atoms with Crippen molar-refractivity contribution < 1.29 is 13.2 Å². The molecule has 0 saturated carbocycles. The summed E-state index contributed by atoms with van der Waals surface area (Å²) < 4.78 is 38.0. The van der Waals surface area contributed by atoms with E-state index in [1.165, 1.54) is 4.88 Å². The lowest BCUT2D eigenvalue weighted by Crippen LogP contribution is -2.19. The van der Waals surface area contributed by atoms with Crippen LogP contribution in [0.4, 0.5) is 19.0 Å². The van der Waals surface area contributed by atoms with Gasteiger partial charge in [0.15, 0.2) is 5.69 Å². The van der Waals surface area contributed by atoms with E-state index in [0.717, 1.165) is 10.9 Å². The summed E-state index contributed by atoms with van der Waals surface area (Å²) in [4.78, 5) is 9.32. The second kappa shape index (κ2) is 6.19. The summed E-state index contributed by atoms with van der Waals surface area (Å²) >= 11 is 7.20. The van der Waals surface area contributed by atoms with Crippen LogP contribution in [0.3, 0.4) is 0 Å². The summed E-state index contributed by atoms with van der Waals surface area (Å²) in [7, 11) is 0. The fourth-order valence-corrected chi connectivity index (χ4v) is 3.04. The molecule has 8 heteroatoms. The largest absolute Gasteiger partial charge is 0.433 e. The third-order valence-corrected chi connectivity index (χ3v) is 3.88. The van der Waals surface area contributed by atoms with Crippen molar-refractivity contribution in [3.8, 4) is 0 Å². The molecular formula is C13H13ClF3N3S. The summed E-state index contributed by atoms with van der Waals surface area (Å²) in [6.45, 7) is 3.88. The molecule has 0 fully saturated rings. The maximum absolute atomic E-state index is 12.7. The van der Waals surface area contributed by atoms with E-state index in [1.54, 1.807) is 11.3 Å². The first kappa shape index (κ1) is 16.0. The van der Waals surface area contributed by atoms with Crippen molar-refractivity contribution in [3.05, 3.63) is 38.9 Å². The normalized spacial score (nSPS) is 13.2. The zero-order chi connectivity index (χ0) is 15.6. The maximum atomic E-state index is 12.7. The second-order valence-electron chi connectivity index (χ2n) is 4.67. The van der Waals surface area contributed by atoms with Gasteiger partial charge in [-0.1, -0.05) is 0 Å². The van der Waals surface area contributed by atoms with Crippen LogP contribution in [-0.2, 0) is 12.6 Å². The zero-order valence-electron chi connectivity index (χ0n) is 11.3. The quantitative estimate of drug-likeness (QED) is 0.832. The Kier molecular flexibility index (Phi) is 4.73. The lowest BCUT2D eigenvalue weighted by atomic mass is 10.2. The third kappa shape index (κ3) is 4.57. The standard InChI is InChI=1S/C13H13ClF3N3S/c1-7(5-9-4-3-8(2)21-9)18-11-6-10(13(15,16)17)19-12(14)20-11/h3-4,6-7H,5H2,1-2H3,(H,18,19,20). The number of nitrogens with one attached hydrogen (secondary N) is 1. The summed E-state index contributed by atoms with van der Waals surface area (Å²) in [5, 5.41) is 2.50. The number of halogens is 4. The highest BCUT2D eigenvalue weighted by Gasteiger charge is 2.33. The van der Waals surface area contributed by atoms with E-state index >= 15 is 0 Å². The molecule has 0 aliphatic rings. The highest BCUT2D eigenvalue weighted by atomic mass is 35.5. The van der Waals surface area contributed by atoms with Crippen LogP contribution in [-0.4, -0.2) is 16.0 Å². The van der Waals surface area contributed by atoms with Crippen molar-refractivity contribution in [2.75, 3.05) is 5.32 Å². The number of aromatic nitrogens is 2. The molecule has 3 nitrogen and oxygen atoms in total. The first-order valence-electron chi connectivity index (χ1n) is 6.17. The van der Waals surface area contributed by atoms with Gasteiger partial charge in [0.2, 0.25) is 5.28 Å². The van der Waals surface area contributed by atoms with E-state index in [4.69, 9.17) is 11.6 Å². The van der Waals surface area contributed by atoms with Gasteiger partial charge in [0.1, 0.15) is 5.82 Å². The number of hydrogen-bond acceptors (Lipinski definition) is 4. The molecule has 1 unspecified atom stereocenters. The fourth-order valence-electron chi connectivity index (χ4n) is 1.84. The fraction of sp³-hybridized carbons (Fsp3) is 0.385. The molecule has 2 heterocycles. The van der Waals surface area contributed by atoms with Crippen LogP contribution in [0.5, 0.6) is 0 Å². The molecule has 2 aromatic heterocycles. The molecule has 1 atom stereocenters. The number of anilines is 1. The Labute approximate surface area is 129 Å². The van der Waals surface area contributed by atoms with Crippen molar-refractivity contribution in [1.29, 1.82) is 0 Å². The molecule has 2 aromatic rings. The van der Waals surface area contributed by atoms with Crippen molar-refractivity contribution in [2.24, 2.45) is 0 Å². The molecule has 0 radical (unpaired) electrons. The average molecular weight is 336 g/mol. The minimum absolute atomic E-state index is 0.0723. The summed E-state index contributed by atoms with van der Waals surface area (Å²) in [5.41, 5.74) is -1.05. The topological polar surface area (TPSA) is 37.8 Å².